The summed E-state index contributed by atoms with van der Waals surface area (Å²) < 4.78 is 2.00. The fourth-order valence-corrected chi connectivity index (χ4v) is 7.23. The standard InChI is InChI=1S/C28H31N3O2/c29-26(32)21-7-5-20(6-8-21)22-14-25-24(4-2-10-31(25)16-22)27(33)30-17-28-9-1-3-18-11-19(15-28)13-23(28)12-18/h2,4-8,10,14,16,18-19,23H,1,3,9,11-13,15,17H2,(H2,29,32)(H,30,33). The number of amides is 2. The fourth-order valence-electron chi connectivity index (χ4n) is 7.23. The summed E-state index contributed by atoms with van der Waals surface area (Å²) in [6, 6.07) is 13.2. The highest BCUT2D eigenvalue weighted by Crippen LogP contribution is 2.60. The van der Waals surface area contributed by atoms with Crippen LogP contribution >= 0.6 is 0 Å². The summed E-state index contributed by atoms with van der Waals surface area (Å²) in [5.41, 5.74) is 9.76. The Morgan fingerprint density at radius 2 is 1.88 bits per heavy atom. The minimum Gasteiger partial charge on any atom is -0.366 e. The Morgan fingerprint density at radius 3 is 2.70 bits per heavy atom. The van der Waals surface area contributed by atoms with E-state index >= 15 is 0 Å². The average molecular weight is 442 g/mol. The summed E-state index contributed by atoms with van der Waals surface area (Å²) in [4.78, 5) is 24.7. The molecule has 2 heterocycles. The third kappa shape index (κ3) is 3.54. The van der Waals surface area contributed by atoms with Gasteiger partial charge in [-0.05, 0) is 91.2 Å². The summed E-state index contributed by atoms with van der Waals surface area (Å²) in [7, 11) is 0. The molecule has 2 amide bonds. The van der Waals surface area contributed by atoms with Crippen molar-refractivity contribution in [3.63, 3.8) is 0 Å². The Morgan fingerprint density at radius 1 is 1.06 bits per heavy atom. The maximum atomic E-state index is 13.4. The van der Waals surface area contributed by atoms with E-state index in [2.05, 4.69) is 5.32 Å². The zero-order valence-corrected chi connectivity index (χ0v) is 18.9. The molecule has 33 heavy (non-hydrogen) atoms. The molecule has 4 atom stereocenters. The van der Waals surface area contributed by atoms with Gasteiger partial charge in [-0.15, -0.1) is 0 Å². The van der Waals surface area contributed by atoms with Gasteiger partial charge in [-0.25, -0.2) is 0 Å². The molecule has 4 unspecified atom stereocenters. The first-order chi connectivity index (χ1) is 16.0. The largest absolute Gasteiger partial charge is 0.366 e. The summed E-state index contributed by atoms with van der Waals surface area (Å²) >= 11 is 0. The van der Waals surface area contributed by atoms with E-state index in [9.17, 15) is 9.59 Å². The zero-order valence-electron chi connectivity index (χ0n) is 18.9. The van der Waals surface area contributed by atoms with Gasteiger partial charge in [0, 0.05) is 30.1 Å². The van der Waals surface area contributed by atoms with Crippen molar-refractivity contribution in [2.75, 3.05) is 6.54 Å². The number of nitrogens with zero attached hydrogens (tertiary/aromatic N) is 1. The highest BCUT2D eigenvalue weighted by atomic mass is 16.2. The molecular weight excluding hydrogens is 410 g/mol. The molecule has 5 heteroatoms. The van der Waals surface area contributed by atoms with Crippen LogP contribution < -0.4 is 11.1 Å². The normalized spacial score (nSPS) is 28.1. The molecule has 3 fully saturated rings. The first kappa shape index (κ1) is 20.5. The molecule has 3 aliphatic carbocycles. The second-order valence-corrected chi connectivity index (χ2v) is 10.7. The van der Waals surface area contributed by atoms with Crippen LogP contribution in [0.5, 0.6) is 0 Å². The van der Waals surface area contributed by atoms with Crippen molar-refractivity contribution in [3.05, 3.63) is 66.0 Å². The first-order valence-electron chi connectivity index (χ1n) is 12.3. The van der Waals surface area contributed by atoms with E-state index in [4.69, 9.17) is 5.73 Å². The quantitative estimate of drug-likeness (QED) is 0.582. The Balaban J connectivity index is 1.24. The van der Waals surface area contributed by atoms with Gasteiger partial charge in [0.1, 0.15) is 0 Å². The van der Waals surface area contributed by atoms with Crippen molar-refractivity contribution < 1.29 is 9.59 Å². The van der Waals surface area contributed by atoms with Gasteiger partial charge in [0.05, 0.1) is 11.1 Å². The number of primary amides is 1. The molecule has 0 spiro atoms. The van der Waals surface area contributed by atoms with Gasteiger partial charge in [0.25, 0.3) is 5.91 Å². The molecule has 3 saturated carbocycles. The lowest BCUT2D eigenvalue weighted by atomic mass is 9.74. The van der Waals surface area contributed by atoms with Gasteiger partial charge in [0.2, 0.25) is 5.91 Å². The molecule has 3 bridgehead atoms. The number of hydrogen-bond acceptors (Lipinski definition) is 2. The second kappa shape index (κ2) is 7.75. The van der Waals surface area contributed by atoms with Crippen LogP contribution in [-0.4, -0.2) is 22.8 Å². The van der Waals surface area contributed by atoms with Crippen LogP contribution in [0.1, 0.15) is 65.7 Å². The molecule has 1 aromatic carbocycles. The van der Waals surface area contributed by atoms with Crippen LogP contribution in [0.4, 0.5) is 0 Å². The van der Waals surface area contributed by atoms with Crippen molar-refractivity contribution in [2.24, 2.45) is 28.9 Å². The number of aromatic nitrogens is 1. The number of nitrogens with two attached hydrogens (primary N) is 1. The Bertz CT molecular complexity index is 1230. The number of pyridine rings is 1. The molecule has 0 radical (unpaired) electrons. The number of benzene rings is 1. The topological polar surface area (TPSA) is 76.6 Å². The van der Waals surface area contributed by atoms with Crippen molar-refractivity contribution in [1.82, 2.24) is 9.72 Å². The number of nitrogens with one attached hydrogen (secondary N) is 1. The number of hydrogen-bond donors (Lipinski definition) is 2. The number of carbonyl (C=O) groups is 2. The lowest BCUT2D eigenvalue weighted by Gasteiger charge is -2.34. The number of rotatable bonds is 5. The lowest BCUT2D eigenvalue weighted by Crippen LogP contribution is -2.39. The minimum atomic E-state index is -0.433. The number of carbonyl (C=O) groups excluding carboxylic acids is 2. The van der Waals surface area contributed by atoms with Crippen molar-refractivity contribution in [1.29, 1.82) is 0 Å². The molecule has 3 aliphatic rings. The van der Waals surface area contributed by atoms with E-state index in [1.807, 2.05) is 47.1 Å². The van der Waals surface area contributed by atoms with Gasteiger partial charge in [-0.1, -0.05) is 25.0 Å². The fraction of sp³-hybridized carbons (Fsp3) is 0.429. The van der Waals surface area contributed by atoms with Crippen molar-refractivity contribution in [3.8, 4) is 11.1 Å². The van der Waals surface area contributed by atoms with E-state index < -0.39 is 5.91 Å². The number of fused-ring (bicyclic) bond motifs is 3. The zero-order chi connectivity index (χ0) is 22.6. The Hall–Kier alpha value is -3.08. The van der Waals surface area contributed by atoms with Gasteiger partial charge < -0.3 is 15.5 Å². The first-order valence-corrected chi connectivity index (χ1v) is 12.3. The summed E-state index contributed by atoms with van der Waals surface area (Å²) in [6.45, 7) is 0.808. The molecule has 6 rings (SSSR count). The van der Waals surface area contributed by atoms with Crippen LogP contribution in [-0.2, 0) is 0 Å². The van der Waals surface area contributed by atoms with E-state index in [1.165, 1.54) is 44.9 Å². The Labute approximate surface area is 194 Å². The van der Waals surface area contributed by atoms with Crippen LogP contribution in [0.2, 0.25) is 0 Å². The van der Waals surface area contributed by atoms with E-state index in [0.29, 0.717) is 16.5 Å². The molecule has 3 N–H and O–H groups in total. The van der Waals surface area contributed by atoms with Crippen LogP contribution in [0.25, 0.3) is 16.6 Å². The monoisotopic (exact) mass is 441 g/mol. The predicted molar refractivity (Wildman–Crippen MR) is 129 cm³/mol. The second-order valence-electron chi connectivity index (χ2n) is 10.7. The summed E-state index contributed by atoms with van der Waals surface area (Å²) in [6.07, 6.45) is 13.4. The average Bonchev–Trinajstić information content (AvgIpc) is 3.32. The predicted octanol–water partition coefficient (Wildman–Crippen LogP) is 5.04. The third-order valence-corrected chi connectivity index (χ3v) is 8.73. The molecule has 3 aromatic rings. The lowest BCUT2D eigenvalue weighted by molar-refractivity contribution is 0.0904. The highest BCUT2D eigenvalue weighted by Gasteiger charge is 2.52. The van der Waals surface area contributed by atoms with Crippen LogP contribution in [0.15, 0.2) is 54.9 Å². The van der Waals surface area contributed by atoms with Crippen molar-refractivity contribution >= 4 is 17.3 Å². The van der Waals surface area contributed by atoms with Gasteiger partial charge >= 0.3 is 0 Å². The van der Waals surface area contributed by atoms with Gasteiger partial charge in [0.15, 0.2) is 0 Å². The van der Waals surface area contributed by atoms with Gasteiger partial charge in [-0.2, -0.15) is 0 Å². The summed E-state index contributed by atoms with van der Waals surface area (Å²) in [5.74, 6) is 2.19. The van der Waals surface area contributed by atoms with Crippen molar-refractivity contribution in [2.45, 2.75) is 44.9 Å². The maximum Gasteiger partial charge on any atom is 0.253 e. The highest BCUT2D eigenvalue weighted by molar-refractivity contribution is 6.01. The van der Waals surface area contributed by atoms with Crippen LogP contribution in [0.3, 0.4) is 0 Å². The van der Waals surface area contributed by atoms with E-state index in [-0.39, 0.29) is 5.91 Å². The maximum absolute atomic E-state index is 13.4. The summed E-state index contributed by atoms with van der Waals surface area (Å²) in [5, 5.41) is 3.36. The SMILES string of the molecule is NC(=O)c1ccc(-c2cc3c(C(=O)NCC45CCCC6CC(CC4C6)C5)cccn3c2)cc1. The van der Waals surface area contributed by atoms with Crippen LogP contribution in [0, 0.1) is 23.2 Å². The van der Waals surface area contributed by atoms with Gasteiger partial charge in [-0.3, -0.25) is 9.59 Å². The molecular formula is C28H31N3O2. The minimum absolute atomic E-state index is 0.0194. The molecule has 170 valence electrons. The van der Waals surface area contributed by atoms with E-state index in [0.717, 1.165) is 40.9 Å². The smallest absolute Gasteiger partial charge is 0.253 e. The molecule has 0 aliphatic heterocycles. The Kier molecular flexibility index (Phi) is 4.82. The van der Waals surface area contributed by atoms with E-state index in [1.54, 1.807) is 12.1 Å². The third-order valence-electron chi connectivity index (χ3n) is 8.73. The molecule has 5 nitrogen and oxygen atoms in total. The molecule has 2 aromatic heterocycles. The molecule has 0 saturated heterocycles.